The zero-order valence-electron chi connectivity index (χ0n) is 14.3. The van der Waals surface area contributed by atoms with Gasteiger partial charge in [0.25, 0.3) is 5.91 Å². The number of para-hydroxylation sites is 3. The third-order valence-corrected chi connectivity index (χ3v) is 3.39. The van der Waals surface area contributed by atoms with Gasteiger partial charge < -0.3 is 14.8 Å². The van der Waals surface area contributed by atoms with Crippen LogP contribution in [0.2, 0.25) is 0 Å². The number of benzene rings is 2. The van der Waals surface area contributed by atoms with E-state index in [1.807, 2.05) is 12.1 Å². The molecule has 138 valence electrons. The Balaban J connectivity index is 1.97. The molecule has 2 N–H and O–H groups in total. The topological polar surface area (TPSA) is 72.0 Å². The van der Waals surface area contributed by atoms with Crippen LogP contribution in [-0.4, -0.2) is 31.9 Å². The molecular weight excluding hydrogens is 344 g/mol. The number of methoxy groups -OCH3 is 1. The van der Waals surface area contributed by atoms with Gasteiger partial charge in [-0.3, -0.25) is 4.79 Å². The molecule has 0 fully saturated rings. The maximum Gasteiger partial charge on any atom is 0.387 e. The molecule has 0 aliphatic carbocycles. The summed E-state index contributed by atoms with van der Waals surface area (Å²) in [7, 11) is 1.53. The molecule has 0 saturated heterocycles. The molecule has 0 spiro atoms. The maximum atomic E-state index is 12.5. The van der Waals surface area contributed by atoms with E-state index in [0.717, 1.165) is 0 Å². The summed E-state index contributed by atoms with van der Waals surface area (Å²) in [5, 5.41) is 6.87. The largest absolute Gasteiger partial charge is 0.495 e. The standard InChI is InChI=1S/C18H19F2N3O3/c1-12(13-7-3-5-9-15(13)26-18(19)20)22-23-17(24)11-21-14-8-4-6-10-16(14)25-2/h3-10,18,21H,11H2,1-2H3,(H,23,24)/b22-12-. The number of rotatable bonds is 8. The summed E-state index contributed by atoms with van der Waals surface area (Å²) in [6.45, 7) is -1.39. The number of carbonyl (C=O) groups excluding carboxylic acids is 1. The zero-order valence-corrected chi connectivity index (χ0v) is 14.3. The number of anilines is 1. The summed E-state index contributed by atoms with van der Waals surface area (Å²) in [5.74, 6) is 0.200. The van der Waals surface area contributed by atoms with E-state index in [9.17, 15) is 13.6 Å². The first-order valence-corrected chi connectivity index (χ1v) is 7.75. The summed E-state index contributed by atoms with van der Waals surface area (Å²) in [6, 6.07) is 13.4. The Morgan fingerprint density at radius 3 is 2.46 bits per heavy atom. The van der Waals surface area contributed by atoms with Crippen molar-refractivity contribution in [2.45, 2.75) is 13.5 Å². The Morgan fingerprint density at radius 1 is 1.12 bits per heavy atom. The van der Waals surface area contributed by atoms with Crippen molar-refractivity contribution in [3.63, 3.8) is 0 Å². The molecule has 0 aliphatic heterocycles. The van der Waals surface area contributed by atoms with Gasteiger partial charge in [0.2, 0.25) is 0 Å². The lowest BCUT2D eigenvalue weighted by atomic mass is 10.1. The summed E-state index contributed by atoms with van der Waals surface area (Å²) in [4.78, 5) is 11.9. The summed E-state index contributed by atoms with van der Waals surface area (Å²) >= 11 is 0. The predicted molar refractivity (Wildman–Crippen MR) is 94.9 cm³/mol. The van der Waals surface area contributed by atoms with Crippen LogP contribution in [0.4, 0.5) is 14.5 Å². The molecule has 0 atom stereocenters. The van der Waals surface area contributed by atoms with Gasteiger partial charge in [-0.15, -0.1) is 0 Å². The van der Waals surface area contributed by atoms with Gasteiger partial charge in [-0.2, -0.15) is 13.9 Å². The minimum absolute atomic E-state index is 0.00912. The monoisotopic (exact) mass is 363 g/mol. The van der Waals surface area contributed by atoms with E-state index >= 15 is 0 Å². The maximum absolute atomic E-state index is 12.5. The Labute approximate surface area is 149 Å². The first kappa shape index (κ1) is 19.2. The first-order chi connectivity index (χ1) is 12.5. The van der Waals surface area contributed by atoms with E-state index in [2.05, 4.69) is 20.6 Å². The smallest absolute Gasteiger partial charge is 0.387 e. The van der Waals surface area contributed by atoms with Crippen molar-refractivity contribution >= 4 is 17.3 Å². The van der Waals surface area contributed by atoms with Crippen LogP contribution in [0.25, 0.3) is 0 Å². The quantitative estimate of drug-likeness (QED) is 0.558. The van der Waals surface area contributed by atoms with Gasteiger partial charge in [0.05, 0.1) is 25.1 Å². The molecule has 0 aliphatic rings. The van der Waals surface area contributed by atoms with Crippen molar-refractivity contribution in [3.05, 3.63) is 54.1 Å². The predicted octanol–water partition coefficient (Wildman–Crippen LogP) is 3.25. The second-order valence-corrected chi connectivity index (χ2v) is 5.16. The van der Waals surface area contributed by atoms with Crippen molar-refractivity contribution in [2.75, 3.05) is 19.0 Å². The molecule has 2 rings (SSSR count). The number of ether oxygens (including phenoxy) is 2. The van der Waals surface area contributed by atoms with E-state index in [4.69, 9.17) is 4.74 Å². The fraction of sp³-hybridized carbons (Fsp3) is 0.222. The fourth-order valence-electron chi connectivity index (χ4n) is 2.18. The molecule has 2 aromatic carbocycles. The van der Waals surface area contributed by atoms with Crippen molar-refractivity contribution in [2.24, 2.45) is 5.10 Å². The van der Waals surface area contributed by atoms with Crippen LogP contribution in [0.3, 0.4) is 0 Å². The number of halogens is 2. The number of nitrogens with one attached hydrogen (secondary N) is 2. The van der Waals surface area contributed by atoms with Gasteiger partial charge >= 0.3 is 6.61 Å². The average Bonchev–Trinajstić information content (AvgIpc) is 2.64. The van der Waals surface area contributed by atoms with Crippen LogP contribution in [0.15, 0.2) is 53.6 Å². The summed E-state index contributed by atoms with van der Waals surface area (Å²) in [5.41, 5.74) is 3.75. The van der Waals surface area contributed by atoms with E-state index in [1.54, 1.807) is 37.3 Å². The number of amides is 1. The SMILES string of the molecule is COc1ccccc1NCC(=O)N/N=C(/C)c1ccccc1OC(F)F. The lowest BCUT2D eigenvalue weighted by Gasteiger charge is -2.11. The summed E-state index contributed by atoms with van der Waals surface area (Å²) in [6.07, 6.45) is 0. The van der Waals surface area contributed by atoms with Gasteiger partial charge in [-0.25, -0.2) is 5.43 Å². The highest BCUT2D eigenvalue weighted by atomic mass is 19.3. The van der Waals surface area contributed by atoms with Gasteiger partial charge in [-0.05, 0) is 31.2 Å². The number of hydrogen-bond acceptors (Lipinski definition) is 5. The van der Waals surface area contributed by atoms with Crippen LogP contribution in [0.1, 0.15) is 12.5 Å². The second-order valence-electron chi connectivity index (χ2n) is 5.16. The van der Waals surface area contributed by atoms with Crippen LogP contribution in [0.5, 0.6) is 11.5 Å². The first-order valence-electron chi connectivity index (χ1n) is 7.75. The molecule has 0 aromatic heterocycles. The van der Waals surface area contributed by atoms with Crippen molar-refractivity contribution in [3.8, 4) is 11.5 Å². The second kappa shape index (κ2) is 9.36. The Morgan fingerprint density at radius 2 is 1.77 bits per heavy atom. The number of carbonyl (C=O) groups is 1. The zero-order chi connectivity index (χ0) is 18.9. The van der Waals surface area contributed by atoms with Crippen LogP contribution in [0, 0.1) is 0 Å². The third kappa shape index (κ3) is 5.44. The minimum Gasteiger partial charge on any atom is -0.495 e. The highest BCUT2D eigenvalue weighted by molar-refractivity contribution is 6.01. The van der Waals surface area contributed by atoms with Crippen molar-refractivity contribution in [1.82, 2.24) is 5.43 Å². The molecule has 6 nitrogen and oxygen atoms in total. The van der Waals surface area contributed by atoms with Crippen molar-refractivity contribution < 1.29 is 23.0 Å². The minimum atomic E-state index is -2.94. The van der Waals surface area contributed by atoms with E-state index in [0.29, 0.717) is 22.7 Å². The van der Waals surface area contributed by atoms with Gasteiger partial charge in [0.15, 0.2) is 0 Å². The van der Waals surface area contributed by atoms with Gasteiger partial charge in [-0.1, -0.05) is 24.3 Å². The lowest BCUT2D eigenvalue weighted by molar-refractivity contribution is -0.119. The third-order valence-electron chi connectivity index (χ3n) is 3.39. The molecule has 8 heteroatoms. The molecule has 1 amide bonds. The van der Waals surface area contributed by atoms with Crippen molar-refractivity contribution in [1.29, 1.82) is 0 Å². The molecule has 0 saturated carbocycles. The molecule has 0 radical (unpaired) electrons. The van der Waals surface area contributed by atoms with Gasteiger partial charge in [0, 0.05) is 5.56 Å². The Kier molecular flexibility index (Phi) is 6.90. The normalized spacial score (nSPS) is 11.2. The molecule has 2 aromatic rings. The highest BCUT2D eigenvalue weighted by Gasteiger charge is 2.11. The summed E-state index contributed by atoms with van der Waals surface area (Å²) < 4.78 is 34.5. The average molecular weight is 363 g/mol. The van der Waals surface area contributed by atoms with Gasteiger partial charge in [0.1, 0.15) is 11.5 Å². The fourth-order valence-corrected chi connectivity index (χ4v) is 2.18. The van der Waals surface area contributed by atoms with E-state index < -0.39 is 12.5 Å². The van der Waals surface area contributed by atoms with E-state index in [-0.39, 0.29) is 12.3 Å². The van der Waals surface area contributed by atoms with Crippen LogP contribution in [-0.2, 0) is 4.79 Å². The van der Waals surface area contributed by atoms with E-state index in [1.165, 1.54) is 13.2 Å². The Bertz CT molecular complexity index is 782. The van der Waals surface area contributed by atoms with Crippen LogP contribution < -0.4 is 20.2 Å². The number of nitrogens with zero attached hydrogens (tertiary/aromatic N) is 1. The molecule has 0 heterocycles. The molecular formula is C18H19F2N3O3. The Hall–Kier alpha value is -3.16. The molecule has 0 unspecified atom stereocenters. The highest BCUT2D eigenvalue weighted by Crippen LogP contribution is 2.22. The number of hydrazone groups is 1. The number of hydrogen-bond donors (Lipinski definition) is 2. The molecule has 0 bridgehead atoms. The van der Waals surface area contributed by atoms with Crippen LogP contribution >= 0.6 is 0 Å². The molecule has 26 heavy (non-hydrogen) atoms. The lowest BCUT2D eigenvalue weighted by Crippen LogP contribution is -2.27. The number of alkyl halides is 2.